The number of nitro groups is 1. The summed E-state index contributed by atoms with van der Waals surface area (Å²) in [7, 11) is 0. The van der Waals surface area contributed by atoms with Crippen LogP contribution >= 0.6 is 0 Å². The second-order valence-corrected chi connectivity index (χ2v) is 4.23. The van der Waals surface area contributed by atoms with E-state index in [9.17, 15) is 19.7 Å². The maximum atomic E-state index is 11.4. The van der Waals surface area contributed by atoms with E-state index in [1.54, 1.807) is 13.8 Å². The summed E-state index contributed by atoms with van der Waals surface area (Å²) >= 11 is 0. The van der Waals surface area contributed by atoms with Gasteiger partial charge in [-0.1, -0.05) is 0 Å². The first-order chi connectivity index (χ1) is 9.31. The molecule has 0 bridgehead atoms. The van der Waals surface area contributed by atoms with Crippen molar-refractivity contribution >= 4 is 23.4 Å². The first kappa shape index (κ1) is 15.3. The standard InChI is InChI=1S/C11H14N4O5/c1-6(2)14-9(16)5-13-10-8(15(19)20)3-7(4-12-10)11(17)18/h3-4,6H,5H2,1-2H3,(H,12,13)(H,14,16)(H,17,18). The number of rotatable bonds is 6. The van der Waals surface area contributed by atoms with E-state index in [4.69, 9.17) is 5.11 Å². The number of carboxylic acid groups (broad SMARTS) is 1. The molecule has 0 unspecified atom stereocenters. The normalized spacial score (nSPS) is 10.2. The van der Waals surface area contributed by atoms with Gasteiger partial charge in [-0.15, -0.1) is 0 Å². The molecule has 0 spiro atoms. The van der Waals surface area contributed by atoms with Crippen LogP contribution in [0.2, 0.25) is 0 Å². The molecule has 0 saturated carbocycles. The van der Waals surface area contributed by atoms with Crippen molar-refractivity contribution in [2.24, 2.45) is 0 Å². The van der Waals surface area contributed by atoms with Gasteiger partial charge in [0.15, 0.2) is 0 Å². The molecule has 20 heavy (non-hydrogen) atoms. The van der Waals surface area contributed by atoms with Crippen molar-refractivity contribution in [3.8, 4) is 0 Å². The van der Waals surface area contributed by atoms with Gasteiger partial charge in [0.1, 0.15) is 0 Å². The lowest BCUT2D eigenvalue weighted by Crippen LogP contribution is -2.35. The molecule has 0 aliphatic heterocycles. The van der Waals surface area contributed by atoms with Crippen molar-refractivity contribution in [2.45, 2.75) is 19.9 Å². The third kappa shape index (κ3) is 4.19. The Morgan fingerprint density at radius 2 is 2.15 bits per heavy atom. The smallest absolute Gasteiger partial charge is 0.337 e. The molecule has 0 saturated heterocycles. The molecule has 3 N–H and O–H groups in total. The number of pyridine rings is 1. The molecule has 1 rings (SSSR count). The van der Waals surface area contributed by atoms with Crippen molar-refractivity contribution < 1.29 is 19.6 Å². The van der Waals surface area contributed by atoms with E-state index in [0.717, 1.165) is 12.3 Å². The van der Waals surface area contributed by atoms with Crippen LogP contribution in [0.15, 0.2) is 12.3 Å². The van der Waals surface area contributed by atoms with Gasteiger partial charge in [-0.05, 0) is 13.8 Å². The number of hydrogen-bond donors (Lipinski definition) is 3. The molecule has 1 aromatic heterocycles. The molecule has 0 aromatic carbocycles. The van der Waals surface area contributed by atoms with Gasteiger partial charge in [0.2, 0.25) is 11.7 Å². The number of carbonyl (C=O) groups excluding carboxylic acids is 1. The molecule has 108 valence electrons. The minimum Gasteiger partial charge on any atom is -0.478 e. The zero-order chi connectivity index (χ0) is 15.3. The number of anilines is 1. The lowest BCUT2D eigenvalue weighted by atomic mass is 10.2. The Morgan fingerprint density at radius 1 is 1.50 bits per heavy atom. The summed E-state index contributed by atoms with van der Waals surface area (Å²) in [6.07, 6.45) is 0.984. The van der Waals surface area contributed by atoms with E-state index in [-0.39, 0.29) is 29.9 Å². The fourth-order valence-electron chi connectivity index (χ4n) is 1.38. The van der Waals surface area contributed by atoms with Crippen LogP contribution in [0.1, 0.15) is 24.2 Å². The summed E-state index contributed by atoms with van der Waals surface area (Å²) in [6, 6.07) is 0.833. The van der Waals surface area contributed by atoms with Crippen LogP contribution in [0.5, 0.6) is 0 Å². The van der Waals surface area contributed by atoms with Gasteiger partial charge in [-0.3, -0.25) is 14.9 Å². The highest BCUT2D eigenvalue weighted by molar-refractivity contribution is 5.89. The topological polar surface area (TPSA) is 134 Å². The maximum Gasteiger partial charge on any atom is 0.337 e. The SMILES string of the molecule is CC(C)NC(=O)CNc1ncc(C(=O)O)cc1[N+](=O)[O-]. The van der Waals surface area contributed by atoms with E-state index < -0.39 is 16.6 Å². The average molecular weight is 282 g/mol. The highest BCUT2D eigenvalue weighted by Crippen LogP contribution is 2.22. The van der Waals surface area contributed by atoms with Crippen molar-refractivity contribution in [3.63, 3.8) is 0 Å². The lowest BCUT2D eigenvalue weighted by molar-refractivity contribution is -0.384. The highest BCUT2D eigenvalue weighted by atomic mass is 16.6. The number of carbonyl (C=O) groups is 2. The summed E-state index contributed by atoms with van der Waals surface area (Å²) in [6.45, 7) is 3.36. The van der Waals surface area contributed by atoms with E-state index in [1.807, 2.05) is 0 Å². The molecule has 1 heterocycles. The van der Waals surface area contributed by atoms with Crippen LogP contribution in [0.3, 0.4) is 0 Å². The fourth-order valence-corrected chi connectivity index (χ4v) is 1.38. The van der Waals surface area contributed by atoms with Gasteiger partial charge >= 0.3 is 11.7 Å². The van der Waals surface area contributed by atoms with Crippen LogP contribution in [-0.2, 0) is 4.79 Å². The third-order valence-electron chi connectivity index (χ3n) is 2.18. The molecule has 1 aromatic rings. The Kier molecular flexibility index (Phi) is 4.95. The van der Waals surface area contributed by atoms with Crippen molar-refractivity contribution in [3.05, 3.63) is 27.9 Å². The largest absolute Gasteiger partial charge is 0.478 e. The zero-order valence-electron chi connectivity index (χ0n) is 10.9. The van der Waals surface area contributed by atoms with Crippen LogP contribution in [0, 0.1) is 10.1 Å². The molecule has 9 heteroatoms. The second kappa shape index (κ2) is 6.45. The zero-order valence-corrected chi connectivity index (χ0v) is 10.9. The van der Waals surface area contributed by atoms with E-state index in [0.29, 0.717) is 0 Å². The molecule has 9 nitrogen and oxygen atoms in total. The second-order valence-electron chi connectivity index (χ2n) is 4.23. The maximum absolute atomic E-state index is 11.4. The molecule has 0 aliphatic carbocycles. The van der Waals surface area contributed by atoms with Gasteiger partial charge in [-0.2, -0.15) is 0 Å². The van der Waals surface area contributed by atoms with Crippen molar-refractivity contribution in [1.82, 2.24) is 10.3 Å². The van der Waals surface area contributed by atoms with Gasteiger partial charge in [-0.25, -0.2) is 9.78 Å². The third-order valence-corrected chi connectivity index (χ3v) is 2.18. The summed E-state index contributed by atoms with van der Waals surface area (Å²) in [5.74, 6) is -1.82. The van der Waals surface area contributed by atoms with E-state index in [2.05, 4.69) is 15.6 Å². The lowest BCUT2D eigenvalue weighted by Gasteiger charge is -2.09. The van der Waals surface area contributed by atoms with Crippen LogP contribution in [-0.4, -0.2) is 39.5 Å². The Bertz CT molecular complexity index is 544. The Balaban J connectivity index is 2.87. The number of hydrogen-bond acceptors (Lipinski definition) is 6. The molecule has 0 radical (unpaired) electrons. The molecular weight excluding hydrogens is 268 g/mol. The Hall–Kier alpha value is -2.71. The van der Waals surface area contributed by atoms with Crippen molar-refractivity contribution in [2.75, 3.05) is 11.9 Å². The highest BCUT2D eigenvalue weighted by Gasteiger charge is 2.19. The number of carboxylic acids is 1. The van der Waals surface area contributed by atoms with Crippen LogP contribution in [0.25, 0.3) is 0 Å². The monoisotopic (exact) mass is 282 g/mol. The van der Waals surface area contributed by atoms with Gasteiger partial charge in [0.05, 0.1) is 17.0 Å². The molecule has 1 amide bonds. The first-order valence-electron chi connectivity index (χ1n) is 5.72. The van der Waals surface area contributed by atoms with Crippen LogP contribution in [0.4, 0.5) is 11.5 Å². The fraction of sp³-hybridized carbons (Fsp3) is 0.364. The minimum absolute atomic E-state index is 0.0540. The predicted octanol–water partition coefficient (Wildman–Crippen LogP) is 0.624. The predicted molar refractivity (Wildman–Crippen MR) is 69.6 cm³/mol. The van der Waals surface area contributed by atoms with Crippen LogP contribution < -0.4 is 10.6 Å². The summed E-state index contributed by atoms with van der Waals surface area (Å²) in [5, 5.41) is 24.7. The molecule has 0 fully saturated rings. The molecular formula is C11H14N4O5. The van der Waals surface area contributed by atoms with Crippen molar-refractivity contribution in [1.29, 1.82) is 0 Å². The number of aromatic carboxylic acids is 1. The minimum atomic E-state index is -1.32. The number of amides is 1. The summed E-state index contributed by atoms with van der Waals surface area (Å²) in [5.41, 5.74) is -0.795. The molecule has 0 aliphatic rings. The number of aromatic nitrogens is 1. The summed E-state index contributed by atoms with van der Waals surface area (Å²) < 4.78 is 0. The average Bonchev–Trinajstić information content (AvgIpc) is 2.35. The summed E-state index contributed by atoms with van der Waals surface area (Å²) in [4.78, 5) is 35.9. The first-order valence-corrected chi connectivity index (χ1v) is 5.72. The van der Waals surface area contributed by atoms with Gasteiger partial charge in [0, 0.05) is 18.3 Å². The molecule has 0 atom stereocenters. The number of nitrogens with zero attached hydrogens (tertiary/aromatic N) is 2. The van der Waals surface area contributed by atoms with E-state index >= 15 is 0 Å². The van der Waals surface area contributed by atoms with Gasteiger partial charge in [0.25, 0.3) is 0 Å². The van der Waals surface area contributed by atoms with E-state index in [1.165, 1.54) is 0 Å². The van der Waals surface area contributed by atoms with Gasteiger partial charge < -0.3 is 15.7 Å². The Labute approximate surface area is 114 Å². The quantitative estimate of drug-likeness (QED) is 0.514. The number of nitrogens with one attached hydrogen (secondary N) is 2. The Morgan fingerprint density at radius 3 is 2.65 bits per heavy atom.